The van der Waals surface area contributed by atoms with E-state index in [1.807, 2.05) is 30.3 Å². The highest BCUT2D eigenvalue weighted by molar-refractivity contribution is 6.31. The van der Waals surface area contributed by atoms with Crippen molar-refractivity contribution in [2.75, 3.05) is 0 Å². The van der Waals surface area contributed by atoms with Gasteiger partial charge in [0, 0.05) is 22.2 Å². The van der Waals surface area contributed by atoms with Gasteiger partial charge in [0.15, 0.2) is 5.78 Å². The second-order valence-electron chi connectivity index (χ2n) is 5.44. The Kier molecular flexibility index (Phi) is 4.58. The van der Waals surface area contributed by atoms with E-state index >= 15 is 0 Å². The monoisotopic (exact) mass is 338 g/mol. The first-order chi connectivity index (χ1) is 11.6. The van der Waals surface area contributed by atoms with Crippen LogP contribution in [0.4, 0.5) is 0 Å². The zero-order valence-electron chi connectivity index (χ0n) is 13.0. The van der Waals surface area contributed by atoms with Crippen molar-refractivity contribution in [3.8, 4) is 11.3 Å². The number of nitrogens with zero attached hydrogens (tertiary/aromatic N) is 2. The van der Waals surface area contributed by atoms with Gasteiger partial charge in [0.25, 0.3) is 5.56 Å². The van der Waals surface area contributed by atoms with E-state index in [0.29, 0.717) is 16.3 Å². The molecule has 0 N–H and O–H groups in total. The number of rotatable bonds is 4. The van der Waals surface area contributed by atoms with Gasteiger partial charge in [-0.15, -0.1) is 0 Å². The zero-order chi connectivity index (χ0) is 17.1. The molecule has 0 saturated carbocycles. The standard InChI is InChI=1S/C19H15ClN2O2/c1-13(19(24)15-8-5-9-16(20)10-15)22-12-21-17(11-18(22)23)14-6-3-2-4-7-14/h2-13H,1H3. The highest BCUT2D eigenvalue weighted by Crippen LogP contribution is 2.18. The van der Waals surface area contributed by atoms with Crippen molar-refractivity contribution in [2.24, 2.45) is 0 Å². The van der Waals surface area contributed by atoms with E-state index in [2.05, 4.69) is 4.98 Å². The summed E-state index contributed by atoms with van der Waals surface area (Å²) in [5.74, 6) is -0.186. The summed E-state index contributed by atoms with van der Waals surface area (Å²) in [5, 5.41) is 0.484. The first-order valence-electron chi connectivity index (χ1n) is 7.49. The van der Waals surface area contributed by atoms with Crippen LogP contribution in [0.1, 0.15) is 23.3 Å². The van der Waals surface area contributed by atoms with Gasteiger partial charge in [-0.1, -0.05) is 54.1 Å². The van der Waals surface area contributed by atoms with Crippen LogP contribution in [0.2, 0.25) is 5.02 Å². The molecule has 0 saturated heterocycles. The van der Waals surface area contributed by atoms with E-state index in [1.165, 1.54) is 17.0 Å². The van der Waals surface area contributed by atoms with Crippen molar-refractivity contribution < 1.29 is 4.79 Å². The molecule has 24 heavy (non-hydrogen) atoms. The lowest BCUT2D eigenvalue weighted by Gasteiger charge is -2.14. The van der Waals surface area contributed by atoms with E-state index in [4.69, 9.17) is 11.6 Å². The second kappa shape index (κ2) is 6.81. The first kappa shape index (κ1) is 16.1. The fraction of sp³-hybridized carbons (Fsp3) is 0.105. The smallest absolute Gasteiger partial charge is 0.254 e. The van der Waals surface area contributed by atoms with Crippen LogP contribution < -0.4 is 5.56 Å². The predicted molar refractivity (Wildman–Crippen MR) is 94.4 cm³/mol. The second-order valence-corrected chi connectivity index (χ2v) is 5.87. The number of hydrogen-bond acceptors (Lipinski definition) is 3. The number of ketones is 1. The fourth-order valence-corrected chi connectivity index (χ4v) is 2.67. The Morgan fingerprint density at radius 2 is 1.83 bits per heavy atom. The Bertz CT molecular complexity index is 935. The van der Waals surface area contributed by atoms with Gasteiger partial charge in [-0.25, -0.2) is 4.98 Å². The van der Waals surface area contributed by atoms with Crippen molar-refractivity contribution in [3.05, 3.63) is 87.9 Å². The lowest BCUT2D eigenvalue weighted by Crippen LogP contribution is -2.28. The SMILES string of the molecule is CC(C(=O)c1cccc(Cl)c1)n1cnc(-c2ccccc2)cc1=O. The Morgan fingerprint density at radius 3 is 2.50 bits per heavy atom. The molecule has 0 amide bonds. The molecule has 5 heteroatoms. The molecule has 0 fully saturated rings. The van der Waals surface area contributed by atoms with Crippen LogP contribution in [0.25, 0.3) is 11.3 Å². The maximum atomic E-state index is 12.6. The summed E-state index contributed by atoms with van der Waals surface area (Å²) in [7, 11) is 0. The minimum absolute atomic E-state index is 0.186. The molecule has 2 aromatic carbocycles. The largest absolute Gasteiger partial charge is 0.292 e. The van der Waals surface area contributed by atoms with Gasteiger partial charge in [0.05, 0.1) is 18.1 Å². The van der Waals surface area contributed by atoms with Gasteiger partial charge in [0.2, 0.25) is 0 Å². The Hall–Kier alpha value is -2.72. The quantitative estimate of drug-likeness (QED) is 0.675. The molecule has 3 aromatic rings. The van der Waals surface area contributed by atoms with Crippen molar-refractivity contribution in [3.63, 3.8) is 0 Å². The molecule has 0 bridgehead atoms. The molecule has 0 aliphatic rings. The van der Waals surface area contributed by atoms with Crippen molar-refractivity contribution in [2.45, 2.75) is 13.0 Å². The summed E-state index contributed by atoms with van der Waals surface area (Å²) in [6.07, 6.45) is 1.41. The molecule has 3 rings (SSSR count). The zero-order valence-corrected chi connectivity index (χ0v) is 13.8. The molecule has 0 radical (unpaired) electrons. The van der Waals surface area contributed by atoms with Gasteiger partial charge in [-0.3, -0.25) is 14.2 Å². The molecule has 0 spiro atoms. The van der Waals surface area contributed by atoms with Crippen LogP contribution in [-0.4, -0.2) is 15.3 Å². The molecule has 1 aromatic heterocycles. The topological polar surface area (TPSA) is 52.0 Å². The lowest BCUT2D eigenvalue weighted by molar-refractivity contribution is 0.0932. The van der Waals surface area contributed by atoms with Gasteiger partial charge in [-0.05, 0) is 19.1 Å². The third-order valence-electron chi connectivity index (χ3n) is 3.81. The maximum absolute atomic E-state index is 12.6. The predicted octanol–water partition coefficient (Wildman–Crippen LogP) is 4.01. The number of hydrogen-bond donors (Lipinski definition) is 0. The van der Waals surface area contributed by atoms with Crippen LogP contribution in [0, 0.1) is 0 Å². The number of halogens is 1. The van der Waals surface area contributed by atoms with Crippen molar-refractivity contribution in [1.82, 2.24) is 9.55 Å². The van der Waals surface area contributed by atoms with Crippen LogP contribution in [0.5, 0.6) is 0 Å². The van der Waals surface area contributed by atoms with E-state index in [1.54, 1.807) is 31.2 Å². The first-order valence-corrected chi connectivity index (χ1v) is 7.87. The highest BCUT2D eigenvalue weighted by Gasteiger charge is 2.18. The van der Waals surface area contributed by atoms with Gasteiger partial charge in [0.1, 0.15) is 0 Å². The molecular formula is C19H15ClN2O2. The van der Waals surface area contributed by atoms with Gasteiger partial charge in [-0.2, -0.15) is 0 Å². The van der Waals surface area contributed by atoms with E-state index in [-0.39, 0.29) is 11.3 Å². The maximum Gasteiger partial charge on any atom is 0.254 e. The molecule has 1 heterocycles. The summed E-state index contributed by atoms with van der Waals surface area (Å²) >= 11 is 5.93. The number of Topliss-reactive ketones (excluding diaryl/α,β-unsaturated/α-hetero) is 1. The fourth-order valence-electron chi connectivity index (χ4n) is 2.48. The number of carbonyl (C=O) groups is 1. The molecule has 120 valence electrons. The summed E-state index contributed by atoms with van der Waals surface area (Å²) in [5.41, 5.74) is 1.63. The summed E-state index contributed by atoms with van der Waals surface area (Å²) < 4.78 is 1.33. The minimum Gasteiger partial charge on any atom is -0.292 e. The highest BCUT2D eigenvalue weighted by atomic mass is 35.5. The Labute approximate surface area is 144 Å². The molecular weight excluding hydrogens is 324 g/mol. The molecule has 0 aliphatic heterocycles. The summed E-state index contributed by atoms with van der Waals surface area (Å²) in [6.45, 7) is 1.68. The Balaban J connectivity index is 1.92. The van der Waals surface area contributed by atoms with E-state index in [9.17, 15) is 9.59 Å². The Morgan fingerprint density at radius 1 is 1.08 bits per heavy atom. The molecule has 1 unspecified atom stereocenters. The molecule has 1 atom stereocenters. The average Bonchev–Trinajstić information content (AvgIpc) is 2.61. The van der Waals surface area contributed by atoms with E-state index in [0.717, 1.165) is 5.56 Å². The number of carbonyl (C=O) groups excluding carboxylic acids is 1. The number of aromatic nitrogens is 2. The van der Waals surface area contributed by atoms with Gasteiger partial charge >= 0.3 is 0 Å². The average molecular weight is 339 g/mol. The van der Waals surface area contributed by atoms with Crippen LogP contribution >= 0.6 is 11.6 Å². The summed E-state index contributed by atoms with van der Waals surface area (Å²) in [4.78, 5) is 29.3. The van der Waals surface area contributed by atoms with Crippen LogP contribution in [0.15, 0.2) is 71.8 Å². The van der Waals surface area contributed by atoms with Crippen LogP contribution in [0.3, 0.4) is 0 Å². The third-order valence-corrected chi connectivity index (χ3v) is 4.05. The van der Waals surface area contributed by atoms with E-state index < -0.39 is 6.04 Å². The molecule has 4 nitrogen and oxygen atoms in total. The summed E-state index contributed by atoms with van der Waals surface area (Å²) in [6, 6.07) is 16.9. The number of benzene rings is 2. The minimum atomic E-state index is -0.659. The van der Waals surface area contributed by atoms with Crippen molar-refractivity contribution in [1.29, 1.82) is 0 Å². The third kappa shape index (κ3) is 3.29. The molecule has 0 aliphatic carbocycles. The van der Waals surface area contributed by atoms with Gasteiger partial charge < -0.3 is 0 Å². The normalized spacial score (nSPS) is 11.9. The van der Waals surface area contributed by atoms with Crippen LogP contribution in [-0.2, 0) is 0 Å². The van der Waals surface area contributed by atoms with Crippen molar-refractivity contribution >= 4 is 17.4 Å². The lowest BCUT2D eigenvalue weighted by atomic mass is 10.1.